The monoisotopic (exact) mass is 709 g/mol. The average Bonchev–Trinajstić information content (AvgIpc) is 3.65. The van der Waals surface area contributed by atoms with Gasteiger partial charge in [0.25, 0.3) is 0 Å². The van der Waals surface area contributed by atoms with E-state index in [0.717, 1.165) is 5.39 Å². The molecular formula is C34H37BrFN5O6. The number of carboxylic acid groups (broad SMARTS) is 1. The van der Waals surface area contributed by atoms with Crippen LogP contribution in [-0.2, 0) is 26.4 Å². The Kier molecular flexibility index (Phi) is 8.54. The van der Waals surface area contributed by atoms with Crippen LogP contribution >= 0.6 is 15.9 Å². The molecule has 0 saturated carbocycles. The fraction of sp³-hybridized carbons (Fsp3) is 0.500. The maximum Gasteiger partial charge on any atom is 0.326 e. The van der Waals surface area contributed by atoms with E-state index in [1.54, 1.807) is 29.0 Å². The van der Waals surface area contributed by atoms with Gasteiger partial charge >= 0.3 is 5.97 Å². The normalized spacial score (nSPS) is 27.4. The highest BCUT2D eigenvalue weighted by Crippen LogP contribution is 2.46. The molecule has 4 aliphatic heterocycles. The zero-order chi connectivity index (χ0) is 32.9. The molecule has 8 rings (SSSR count). The number of furan rings is 1. The number of rotatable bonds is 1. The number of hydrogen-bond acceptors (Lipinski definition) is 9. The summed E-state index contributed by atoms with van der Waals surface area (Å²) in [5.74, 6) is -0.801. The van der Waals surface area contributed by atoms with Crippen LogP contribution in [0.4, 0.5) is 10.2 Å². The molecule has 5 atom stereocenters. The molecular weight excluding hydrogens is 673 g/mol. The Morgan fingerprint density at radius 1 is 1.17 bits per heavy atom. The number of carbonyl (C=O) groups is 2. The number of ether oxygens (including phenoxy) is 2. The zero-order valence-electron chi connectivity index (χ0n) is 26.3. The average molecular weight is 711 g/mol. The molecule has 0 radical (unpaired) electrons. The van der Waals surface area contributed by atoms with Crippen molar-refractivity contribution in [2.45, 2.75) is 63.8 Å². The Morgan fingerprint density at radius 2 is 2.00 bits per heavy atom. The standard InChI is InChI=1S/C34H37BrFN5O6/c1-19-9-13-45-12-5-8-27-38-28-23-6-3-4-7-26(23)47-29(28)30(39-27)41-18-22(15-25(41)33(43)44)46-31-24(14-21(35)16-37-31)34(36)10-11-40(32(19)42)17-20(34)2/h3-4,6-7,14,16,19-20,22,25H,5,8-13,15,17-18H2,1-2H3,(H,43,44)/t19-,20+,22+,25+,34-/m1/s1. The first-order chi connectivity index (χ1) is 22.6. The van der Waals surface area contributed by atoms with Gasteiger partial charge in [0, 0.05) is 73.5 Å². The molecule has 248 valence electrons. The number of pyridine rings is 1. The van der Waals surface area contributed by atoms with Crippen LogP contribution in [0.5, 0.6) is 5.88 Å². The topological polar surface area (TPSA) is 131 Å². The number of benzene rings is 1. The van der Waals surface area contributed by atoms with Gasteiger partial charge < -0.3 is 28.8 Å². The number of nitrogens with zero attached hydrogens (tertiary/aromatic N) is 5. The molecule has 3 aromatic heterocycles. The van der Waals surface area contributed by atoms with Crippen LogP contribution in [0.25, 0.3) is 22.1 Å². The predicted molar refractivity (Wildman–Crippen MR) is 175 cm³/mol. The summed E-state index contributed by atoms with van der Waals surface area (Å²) in [7, 11) is 0. The van der Waals surface area contributed by atoms with Gasteiger partial charge in [-0.15, -0.1) is 0 Å². The molecule has 13 heteroatoms. The number of alkyl halides is 1. The molecule has 1 aromatic carbocycles. The lowest BCUT2D eigenvalue weighted by Gasteiger charge is -2.42. The molecule has 2 saturated heterocycles. The number of aliphatic carboxylic acids is 1. The maximum atomic E-state index is 17.1. The molecule has 4 aliphatic rings. The lowest BCUT2D eigenvalue weighted by molar-refractivity contribution is -0.141. The molecule has 1 N–H and O–H groups in total. The number of carbonyl (C=O) groups excluding carboxylic acids is 1. The second kappa shape index (κ2) is 12.6. The van der Waals surface area contributed by atoms with Gasteiger partial charge in [-0.2, -0.15) is 0 Å². The summed E-state index contributed by atoms with van der Waals surface area (Å²) in [5.41, 5.74) is 0.103. The number of fused-ring (bicyclic) bond motifs is 12. The number of halogens is 2. The van der Waals surface area contributed by atoms with E-state index in [9.17, 15) is 14.7 Å². The maximum absolute atomic E-state index is 17.1. The Hall–Kier alpha value is -3.84. The van der Waals surface area contributed by atoms with Crippen LogP contribution in [0.3, 0.4) is 0 Å². The predicted octanol–water partition coefficient (Wildman–Crippen LogP) is 5.67. The highest BCUT2D eigenvalue weighted by molar-refractivity contribution is 9.10. The molecule has 4 aromatic rings. The summed E-state index contributed by atoms with van der Waals surface area (Å²) in [6, 6.07) is 8.24. The number of aryl methyl sites for hydroxylation is 1. The van der Waals surface area contributed by atoms with Gasteiger partial charge in [0.2, 0.25) is 11.8 Å². The third kappa shape index (κ3) is 5.92. The van der Waals surface area contributed by atoms with Gasteiger partial charge in [-0.3, -0.25) is 4.79 Å². The van der Waals surface area contributed by atoms with Gasteiger partial charge in [0.05, 0.1) is 12.1 Å². The summed E-state index contributed by atoms with van der Waals surface area (Å²) in [4.78, 5) is 43.6. The molecule has 47 heavy (non-hydrogen) atoms. The minimum absolute atomic E-state index is 0.00966. The van der Waals surface area contributed by atoms with Gasteiger partial charge in [-0.25, -0.2) is 24.1 Å². The van der Waals surface area contributed by atoms with E-state index in [1.807, 2.05) is 31.2 Å². The molecule has 7 heterocycles. The highest BCUT2D eigenvalue weighted by atomic mass is 79.9. The molecule has 6 bridgehead atoms. The van der Waals surface area contributed by atoms with Crippen LogP contribution in [0.2, 0.25) is 0 Å². The number of carboxylic acids is 1. The number of piperidine rings is 1. The first-order valence-electron chi connectivity index (χ1n) is 16.2. The van der Waals surface area contributed by atoms with Gasteiger partial charge in [0.15, 0.2) is 11.4 Å². The Morgan fingerprint density at radius 3 is 2.81 bits per heavy atom. The minimum atomic E-state index is -1.82. The highest BCUT2D eigenvalue weighted by Gasteiger charge is 2.47. The summed E-state index contributed by atoms with van der Waals surface area (Å²) < 4.78 is 36.3. The Bertz CT molecular complexity index is 1840. The van der Waals surface area contributed by atoms with E-state index >= 15 is 4.39 Å². The molecule has 0 unspecified atom stereocenters. The van der Waals surface area contributed by atoms with E-state index in [0.29, 0.717) is 65.3 Å². The van der Waals surface area contributed by atoms with E-state index in [1.165, 1.54) is 0 Å². The smallest absolute Gasteiger partial charge is 0.326 e. The number of amides is 1. The SMILES string of the molecule is C[C@@H]1CCOCCCc2nc(c3oc4ccccc4c3n2)N2C[C@H](C[C@H]2C(=O)O)Oc2ncc(Br)cc2[C@@]2(F)CCN(C[C@@H]2C)C1=O. The fourth-order valence-electron chi connectivity index (χ4n) is 7.10. The molecule has 11 nitrogen and oxygen atoms in total. The second-order valence-corrected chi connectivity index (χ2v) is 13.8. The summed E-state index contributed by atoms with van der Waals surface area (Å²) in [6.45, 7) is 5.24. The van der Waals surface area contributed by atoms with Crippen molar-refractivity contribution in [2.24, 2.45) is 11.8 Å². The Balaban J connectivity index is 1.30. The summed E-state index contributed by atoms with van der Waals surface area (Å²) >= 11 is 3.45. The van der Waals surface area contributed by atoms with E-state index in [2.05, 4.69) is 20.9 Å². The summed E-state index contributed by atoms with van der Waals surface area (Å²) in [5, 5.41) is 11.2. The van der Waals surface area contributed by atoms with Crippen LogP contribution in [-0.4, -0.2) is 81.8 Å². The first kappa shape index (κ1) is 31.7. The third-order valence-electron chi connectivity index (χ3n) is 9.75. The second-order valence-electron chi connectivity index (χ2n) is 12.9. The van der Waals surface area contributed by atoms with Crippen molar-refractivity contribution >= 4 is 55.7 Å². The fourth-order valence-corrected chi connectivity index (χ4v) is 7.43. The molecule has 1 amide bonds. The Labute approximate surface area is 279 Å². The minimum Gasteiger partial charge on any atom is -0.480 e. The quantitative estimate of drug-likeness (QED) is 0.264. The zero-order valence-corrected chi connectivity index (χ0v) is 27.9. The van der Waals surface area contributed by atoms with Crippen molar-refractivity contribution in [3.8, 4) is 5.88 Å². The van der Waals surface area contributed by atoms with Gasteiger partial charge in [0.1, 0.15) is 34.7 Å². The van der Waals surface area contributed by atoms with E-state index < -0.39 is 29.7 Å². The van der Waals surface area contributed by atoms with Crippen molar-refractivity contribution in [1.82, 2.24) is 19.9 Å². The van der Waals surface area contributed by atoms with Crippen LogP contribution in [0.15, 0.2) is 45.4 Å². The van der Waals surface area contributed by atoms with Crippen LogP contribution < -0.4 is 9.64 Å². The third-order valence-corrected chi connectivity index (χ3v) is 10.2. The number of anilines is 1. The first-order valence-corrected chi connectivity index (χ1v) is 17.0. The van der Waals surface area contributed by atoms with Crippen molar-refractivity contribution < 1.29 is 33.0 Å². The molecule has 0 aliphatic carbocycles. The van der Waals surface area contributed by atoms with Crippen molar-refractivity contribution in [2.75, 3.05) is 37.7 Å². The molecule has 2 fully saturated rings. The van der Waals surface area contributed by atoms with E-state index in [-0.39, 0.29) is 55.7 Å². The summed E-state index contributed by atoms with van der Waals surface area (Å²) in [6.07, 6.45) is 2.81. The van der Waals surface area contributed by atoms with E-state index in [4.69, 9.17) is 23.9 Å². The van der Waals surface area contributed by atoms with Gasteiger partial charge in [-0.05, 0) is 47.0 Å². The molecule has 0 spiro atoms. The lowest BCUT2D eigenvalue weighted by Crippen LogP contribution is -2.50. The number of para-hydroxylation sites is 1. The van der Waals surface area contributed by atoms with Crippen LogP contribution in [0, 0.1) is 11.8 Å². The van der Waals surface area contributed by atoms with Gasteiger partial charge in [-0.1, -0.05) is 26.0 Å². The number of aromatic nitrogens is 3. The van der Waals surface area contributed by atoms with Crippen molar-refractivity contribution in [3.05, 3.63) is 52.4 Å². The van der Waals surface area contributed by atoms with Crippen molar-refractivity contribution in [3.63, 3.8) is 0 Å². The number of hydrogen-bond donors (Lipinski definition) is 1. The largest absolute Gasteiger partial charge is 0.480 e. The van der Waals surface area contributed by atoms with Crippen molar-refractivity contribution in [1.29, 1.82) is 0 Å². The lowest BCUT2D eigenvalue weighted by atomic mass is 9.78. The van der Waals surface area contributed by atoms with Crippen LogP contribution in [0.1, 0.15) is 50.9 Å².